The van der Waals surface area contributed by atoms with Gasteiger partial charge in [0.15, 0.2) is 0 Å². The van der Waals surface area contributed by atoms with Gasteiger partial charge in [0.1, 0.15) is 6.10 Å². The summed E-state index contributed by atoms with van der Waals surface area (Å²) >= 11 is 0. The predicted molar refractivity (Wildman–Crippen MR) is 72.5 cm³/mol. The molecule has 0 bridgehead atoms. The van der Waals surface area contributed by atoms with Crippen molar-refractivity contribution < 1.29 is 14.6 Å². The van der Waals surface area contributed by atoms with Crippen molar-refractivity contribution in [2.45, 2.75) is 44.3 Å². The number of nitrogens with two attached hydrogens (primary N) is 1. The van der Waals surface area contributed by atoms with Crippen LogP contribution in [0.1, 0.15) is 43.4 Å². The van der Waals surface area contributed by atoms with Crippen LogP contribution in [0.5, 0.6) is 0 Å². The maximum absolute atomic E-state index is 11.9. The van der Waals surface area contributed by atoms with Gasteiger partial charge in [-0.15, -0.1) is 0 Å². The van der Waals surface area contributed by atoms with E-state index in [0.29, 0.717) is 0 Å². The summed E-state index contributed by atoms with van der Waals surface area (Å²) in [5, 5.41) is 9.79. The van der Waals surface area contributed by atoms with Crippen molar-refractivity contribution in [3.63, 3.8) is 0 Å². The van der Waals surface area contributed by atoms with Gasteiger partial charge in [-0.25, -0.2) is 0 Å². The van der Waals surface area contributed by atoms with Gasteiger partial charge in [-0.3, -0.25) is 4.79 Å². The fourth-order valence-corrected chi connectivity index (χ4v) is 2.42. The Morgan fingerprint density at radius 2 is 2.26 bits per heavy atom. The summed E-state index contributed by atoms with van der Waals surface area (Å²) in [6.45, 7) is 1.59. The molecule has 4 nitrogen and oxygen atoms in total. The minimum absolute atomic E-state index is 0.0450. The summed E-state index contributed by atoms with van der Waals surface area (Å²) in [7, 11) is 0. The largest absolute Gasteiger partial charge is 0.457 e. The van der Waals surface area contributed by atoms with Crippen molar-refractivity contribution in [1.29, 1.82) is 0 Å². The Morgan fingerprint density at radius 1 is 1.53 bits per heavy atom. The van der Waals surface area contributed by atoms with Gasteiger partial charge in [-0.2, -0.15) is 0 Å². The van der Waals surface area contributed by atoms with Gasteiger partial charge in [0.25, 0.3) is 0 Å². The number of carbonyl (C=O) groups excluding carboxylic acids is 1. The standard InChI is InChI=1S/C15H21NO3/c1-15(18,10-16)9-14(17)19-13-8-4-6-11-5-2-3-7-12(11)13/h2-3,5,7,13,18H,4,6,8-10,16H2,1H3. The third kappa shape index (κ3) is 3.55. The fourth-order valence-electron chi connectivity index (χ4n) is 2.42. The van der Waals surface area contributed by atoms with E-state index in [2.05, 4.69) is 6.07 Å². The first-order valence-corrected chi connectivity index (χ1v) is 6.71. The Morgan fingerprint density at radius 3 is 3.00 bits per heavy atom. The van der Waals surface area contributed by atoms with E-state index >= 15 is 0 Å². The lowest BCUT2D eigenvalue weighted by molar-refractivity contribution is -0.154. The number of aryl methyl sites for hydroxylation is 1. The van der Waals surface area contributed by atoms with Crippen molar-refractivity contribution in [2.24, 2.45) is 5.73 Å². The molecule has 0 fully saturated rings. The number of hydrogen-bond donors (Lipinski definition) is 2. The van der Waals surface area contributed by atoms with Crippen molar-refractivity contribution in [3.8, 4) is 0 Å². The normalized spacial score (nSPS) is 21.3. The van der Waals surface area contributed by atoms with Crippen LogP contribution in [-0.2, 0) is 16.0 Å². The zero-order valence-electron chi connectivity index (χ0n) is 11.3. The molecular formula is C15H21NO3. The highest BCUT2D eigenvalue weighted by atomic mass is 16.5. The summed E-state index contributed by atoms with van der Waals surface area (Å²) in [5.74, 6) is -0.392. The third-order valence-corrected chi connectivity index (χ3v) is 3.55. The average molecular weight is 263 g/mol. The van der Waals surface area contributed by atoms with Gasteiger partial charge in [0.2, 0.25) is 0 Å². The van der Waals surface area contributed by atoms with E-state index in [9.17, 15) is 9.90 Å². The number of aliphatic hydroxyl groups is 1. The molecule has 1 aliphatic carbocycles. The molecule has 4 heteroatoms. The van der Waals surface area contributed by atoms with Crippen LogP contribution in [0.2, 0.25) is 0 Å². The van der Waals surface area contributed by atoms with Crippen molar-refractivity contribution in [2.75, 3.05) is 6.54 Å². The summed E-state index contributed by atoms with van der Waals surface area (Å²) in [4.78, 5) is 11.9. The molecule has 0 radical (unpaired) electrons. The van der Waals surface area contributed by atoms with Crippen LogP contribution in [0.25, 0.3) is 0 Å². The zero-order chi connectivity index (χ0) is 13.9. The highest BCUT2D eigenvalue weighted by Gasteiger charge is 2.27. The molecule has 0 aliphatic heterocycles. The number of benzene rings is 1. The zero-order valence-corrected chi connectivity index (χ0v) is 11.3. The molecule has 2 rings (SSSR count). The molecule has 3 N–H and O–H groups in total. The van der Waals surface area contributed by atoms with Crippen molar-refractivity contribution in [1.82, 2.24) is 0 Å². The van der Waals surface area contributed by atoms with E-state index in [1.54, 1.807) is 6.92 Å². The SMILES string of the molecule is CC(O)(CN)CC(=O)OC1CCCc2ccccc21. The monoisotopic (exact) mass is 263 g/mol. The average Bonchev–Trinajstić information content (AvgIpc) is 2.38. The predicted octanol–water partition coefficient (Wildman–Crippen LogP) is 1.71. The molecule has 19 heavy (non-hydrogen) atoms. The summed E-state index contributed by atoms with van der Waals surface area (Å²) < 4.78 is 5.50. The lowest BCUT2D eigenvalue weighted by atomic mass is 9.89. The van der Waals surface area contributed by atoms with Gasteiger partial charge in [0, 0.05) is 6.54 Å². The molecule has 0 heterocycles. The second-order valence-corrected chi connectivity index (χ2v) is 5.45. The molecule has 0 saturated heterocycles. The number of ether oxygens (including phenoxy) is 1. The molecule has 0 amide bonds. The maximum Gasteiger partial charge on any atom is 0.309 e. The number of esters is 1. The third-order valence-electron chi connectivity index (χ3n) is 3.55. The van der Waals surface area contributed by atoms with Gasteiger partial charge < -0.3 is 15.6 Å². The van der Waals surface area contributed by atoms with Crippen LogP contribution in [-0.4, -0.2) is 23.2 Å². The lowest BCUT2D eigenvalue weighted by Gasteiger charge is -2.27. The molecule has 2 atom stereocenters. The Hall–Kier alpha value is -1.39. The van der Waals surface area contributed by atoms with Gasteiger partial charge in [0.05, 0.1) is 12.0 Å². The van der Waals surface area contributed by atoms with E-state index in [-0.39, 0.29) is 19.1 Å². The van der Waals surface area contributed by atoms with E-state index in [1.807, 2.05) is 18.2 Å². The summed E-state index contributed by atoms with van der Waals surface area (Å²) in [5.41, 5.74) is 6.56. The maximum atomic E-state index is 11.9. The molecule has 1 aromatic rings. The molecule has 0 spiro atoms. The summed E-state index contributed by atoms with van der Waals surface area (Å²) in [6.07, 6.45) is 2.63. The molecule has 104 valence electrons. The van der Waals surface area contributed by atoms with E-state index in [0.717, 1.165) is 24.8 Å². The topological polar surface area (TPSA) is 72.5 Å². The van der Waals surface area contributed by atoms with Gasteiger partial charge in [-0.1, -0.05) is 24.3 Å². The molecule has 1 aromatic carbocycles. The van der Waals surface area contributed by atoms with Crippen LogP contribution in [0.4, 0.5) is 0 Å². The Balaban J connectivity index is 2.03. The van der Waals surface area contributed by atoms with Crippen LogP contribution in [0.3, 0.4) is 0 Å². The molecular weight excluding hydrogens is 242 g/mol. The molecule has 0 saturated carbocycles. The first-order valence-electron chi connectivity index (χ1n) is 6.71. The van der Waals surface area contributed by atoms with Crippen molar-refractivity contribution in [3.05, 3.63) is 35.4 Å². The van der Waals surface area contributed by atoms with Crippen molar-refractivity contribution >= 4 is 5.97 Å². The second kappa shape index (κ2) is 5.72. The number of carbonyl (C=O) groups is 1. The highest BCUT2D eigenvalue weighted by Crippen LogP contribution is 2.32. The lowest BCUT2D eigenvalue weighted by Crippen LogP contribution is -2.37. The minimum Gasteiger partial charge on any atom is -0.457 e. The van der Waals surface area contributed by atoms with Crippen LogP contribution in [0.15, 0.2) is 24.3 Å². The second-order valence-electron chi connectivity index (χ2n) is 5.45. The van der Waals surface area contributed by atoms with Gasteiger partial charge in [-0.05, 0) is 37.3 Å². The minimum atomic E-state index is -1.19. The van der Waals surface area contributed by atoms with E-state index in [4.69, 9.17) is 10.5 Å². The number of fused-ring (bicyclic) bond motifs is 1. The molecule has 2 unspecified atom stereocenters. The van der Waals surface area contributed by atoms with E-state index < -0.39 is 11.6 Å². The van der Waals surface area contributed by atoms with Gasteiger partial charge >= 0.3 is 5.97 Å². The Labute approximate surface area is 113 Å². The van der Waals surface area contributed by atoms with Crippen LogP contribution >= 0.6 is 0 Å². The van der Waals surface area contributed by atoms with Crippen LogP contribution in [0, 0.1) is 0 Å². The smallest absolute Gasteiger partial charge is 0.309 e. The first kappa shape index (κ1) is 14.0. The number of rotatable bonds is 4. The Kier molecular flexibility index (Phi) is 4.22. The van der Waals surface area contributed by atoms with E-state index in [1.165, 1.54) is 5.56 Å². The van der Waals surface area contributed by atoms with Crippen LogP contribution < -0.4 is 5.73 Å². The Bertz CT molecular complexity index is 456. The summed E-state index contributed by atoms with van der Waals surface area (Å²) in [6, 6.07) is 8.04. The highest BCUT2D eigenvalue weighted by molar-refractivity contribution is 5.71. The molecule has 0 aromatic heterocycles. The first-order chi connectivity index (χ1) is 9.02. The number of hydrogen-bond acceptors (Lipinski definition) is 4. The quantitative estimate of drug-likeness (QED) is 0.811. The fraction of sp³-hybridized carbons (Fsp3) is 0.533. The molecule has 1 aliphatic rings.